The highest BCUT2D eigenvalue weighted by molar-refractivity contribution is 7.89. The van der Waals surface area contributed by atoms with Gasteiger partial charge in [0.05, 0.1) is 4.90 Å². The van der Waals surface area contributed by atoms with Gasteiger partial charge in [0.15, 0.2) is 6.54 Å². The third-order valence-electron chi connectivity index (χ3n) is 5.35. The number of amides is 3. The molecular weight excluding hydrogens is 392 g/mol. The third-order valence-corrected chi connectivity index (χ3v) is 7.41. The van der Waals surface area contributed by atoms with Crippen LogP contribution in [0.1, 0.15) is 58.1 Å². The fourth-order valence-electron chi connectivity index (χ4n) is 3.55. The summed E-state index contributed by atoms with van der Waals surface area (Å²) in [7, 11) is -3.48. The highest BCUT2D eigenvalue weighted by Crippen LogP contribution is 2.18. The number of sulfonamides is 1. The maximum absolute atomic E-state index is 12.5. The van der Waals surface area contributed by atoms with Gasteiger partial charge in [0.2, 0.25) is 10.0 Å². The van der Waals surface area contributed by atoms with Crippen LogP contribution in [0, 0.1) is 0 Å². The summed E-state index contributed by atoms with van der Waals surface area (Å²) < 4.78 is 26.5. The second kappa shape index (κ2) is 10.7. The van der Waals surface area contributed by atoms with E-state index in [0.29, 0.717) is 13.1 Å². The molecule has 1 saturated carbocycles. The Morgan fingerprint density at radius 2 is 1.72 bits per heavy atom. The van der Waals surface area contributed by atoms with E-state index >= 15 is 0 Å². The van der Waals surface area contributed by atoms with Crippen molar-refractivity contribution in [2.45, 2.75) is 63.4 Å². The molecule has 0 heterocycles. The summed E-state index contributed by atoms with van der Waals surface area (Å²) in [5, 5.41) is 7.00. The van der Waals surface area contributed by atoms with Gasteiger partial charge in [0, 0.05) is 24.7 Å². The third kappa shape index (κ3) is 6.52. The molecule has 29 heavy (non-hydrogen) atoms. The minimum absolute atomic E-state index is 0.0520. The topological polar surface area (TPSA) is 112 Å². The lowest BCUT2D eigenvalue weighted by molar-refractivity contribution is -0.682. The van der Waals surface area contributed by atoms with E-state index in [-0.39, 0.29) is 29.4 Å². The fraction of sp³-hybridized carbons (Fsp3) is 0.600. The second-order valence-electron chi connectivity index (χ2n) is 7.39. The van der Waals surface area contributed by atoms with Gasteiger partial charge >= 0.3 is 6.03 Å². The monoisotopic (exact) mass is 425 g/mol. The van der Waals surface area contributed by atoms with Crippen LogP contribution in [0.5, 0.6) is 0 Å². The van der Waals surface area contributed by atoms with E-state index < -0.39 is 16.1 Å². The lowest BCUT2D eigenvalue weighted by atomic mass is 10.1. The molecule has 0 radical (unpaired) electrons. The van der Waals surface area contributed by atoms with Crippen molar-refractivity contribution in [2.75, 3.05) is 19.6 Å². The van der Waals surface area contributed by atoms with Crippen molar-refractivity contribution >= 4 is 22.0 Å². The Morgan fingerprint density at radius 1 is 1.14 bits per heavy atom. The number of quaternary nitrogens is 1. The smallest absolute Gasteiger partial charge is 0.321 e. The average molecular weight is 426 g/mol. The van der Waals surface area contributed by atoms with Crippen molar-refractivity contribution in [3.05, 3.63) is 29.8 Å². The zero-order chi connectivity index (χ0) is 21.4. The predicted molar refractivity (Wildman–Crippen MR) is 111 cm³/mol. The summed E-state index contributed by atoms with van der Waals surface area (Å²) in [6, 6.07) is 6.41. The highest BCUT2D eigenvalue weighted by atomic mass is 32.2. The molecular formula is C20H33N4O4S+. The van der Waals surface area contributed by atoms with Crippen molar-refractivity contribution in [2.24, 2.45) is 0 Å². The van der Waals surface area contributed by atoms with Crippen molar-refractivity contribution < 1.29 is 23.3 Å². The number of nitrogens with two attached hydrogens (primary N) is 1. The summed E-state index contributed by atoms with van der Waals surface area (Å²) in [5.41, 5.74) is 0.909. The highest BCUT2D eigenvalue weighted by Gasteiger charge is 2.22. The molecule has 0 bridgehead atoms. The Labute approximate surface area is 173 Å². The first kappa shape index (κ1) is 23.3. The molecule has 1 fully saturated rings. The van der Waals surface area contributed by atoms with Crippen LogP contribution in [0.4, 0.5) is 4.79 Å². The van der Waals surface area contributed by atoms with Gasteiger partial charge in [0.25, 0.3) is 5.91 Å². The van der Waals surface area contributed by atoms with E-state index in [0.717, 1.165) is 31.2 Å². The van der Waals surface area contributed by atoms with Gasteiger partial charge in [-0.15, -0.1) is 0 Å². The Bertz CT molecular complexity index is 785. The standard InChI is InChI=1S/C20H32N4O4S/c1-4-24(5-2)29(27,28)18-12-10-16(11-13-18)15(3)21-14-19(25)23-20(26)22-17-8-6-7-9-17/h10-13,15,17,21H,4-9,14H2,1-3H3,(H2,22,23,25,26)/p+1/t15-/m0/s1. The number of urea groups is 1. The Morgan fingerprint density at radius 3 is 2.28 bits per heavy atom. The summed E-state index contributed by atoms with van der Waals surface area (Å²) >= 11 is 0. The first-order valence-corrected chi connectivity index (χ1v) is 11.8. The number of rotatable bonds is 9. The summed E-state index contributed by atoms with van der Waals surface area (Å²) in [6.07, 6.45) is 4.15. The molecule has 2 rings (SSSR count). The van der Waals surface area contributed by atoms with E-state index in [1.165, 1.54) is 4.31 Å². The molecule has 0 unspecified atom stereocenters. The van der Waals surface area contributed by atoms with E-state index in [4.69, 9.17) is 0 Å². The summed E-state index contributed by atoms with van der Waals surface area (Å²) in [4.78, 5) is 24.1. The Balaban J connectivity index is 1.85. The lowest BCUT2D eigenvalue weighted by Crippen LogP contribution is -2.87. The largest absolute Gasteiger partial charge is 0.335 e. The van der Waals surface area contributed by atoms with Crippen LogP contribution in [0.25, 0.3) is 0 Å². The average Bonchev–Trinajstić information content (AvgIpc) is 3.19. The fourth-order valence-corrected chi connectivity index (χ4v) is 5.00. The molecule has 4 N–H and O–H groups in total. The second-order valence-corrected chi connectivity index (χ2v) is 9.33. The predicted octanol–water partition coefficient (Wildman–Crippen LogP) is 1.11. The van der Waals surface area contributed by atoms with Gasteiger partial charge in [-0.1, -0.05) is 38.8 Å². The number of carbonyl (C=O) groups is 2. The molecule has 1 aliphatic rings. The normalized spacial score (nSPS) is 16.0. The molecule has 3 amide bonds. The van der Waals surface area contributed by atoms with Gasteiger partial charge in [-0.3, -0.25) is 10.1 Å². The van der Waals surface area contributed by atoms with Crippen LogP contribution >= 0.6 is 0 Å². The van der Waals surface area contributed by atoms with E-state index in [9.17, 15) is 18.0 Å². The van der Waals surface area contributed by atoms with Crippen LogP contribution in [-0.2, 0) is 14.8 Å². The summed E-state index contributed by atoms with van der Waals surface area (Å²) in [6.45, 7) is 6.51. The SMILES string of the molecule is CCN(CC)S(=O)(=O)c1ccc([C@H](C)[NH2+]CC(=O)NC(=O)NC2CCCC2)cc1. The van der Waals surface area contributed by atoms with Crippen molar-refractivity contribution in [1.82, 2.24) is 14.9 Å². The Hall–Kier alpha value is -1.97. The van der Waals surface area contributed by atoms with Crippen molar-refractivity contribution in [1.29, 1.82) is 0 Å². The molecule has 1 atom stereocenters. The van der Waals surface area contributed by atoms with Crippen LogP contribution < -0.4 is 16.0 Å². The number of benzene rings is 1. The molecule has 162 valence electrons. The molecule has 0 aromatic heterocycles. The van der Waals surface area contributed by atoms with Crippen molar-refractivity contribution in [3.8, 4) is 0 Å². The summed E-state index contributed by atoms with van der Waals surface area (Å²) in [5.74, 6) is -0.354. The molecule has 1 aliphatic carbocycles. The number of imide groups is 1. The van der Waals surface area contributed by atoms with Crippen LogP contribution in [0.2, 0.25) is 0 Å². The molecule has 1 aromatic carbocycles. The zero-order valence-corrected chi connectivity index (χ0v) is 18.3. The maximum atomic E-state index is 12.5. The van der Waals surface area contributed by atoms with Gasteiger partial charge in [-0.2, -0.15) is 4.31 Å². The first-order chi connectivity index (χ1) is 13.8. The quantitative estimate of drug-likeness (QED) is 0.550. The van der Waals surface area contributed by atoms with Crippen LogP contribution in [-0.4, -0.2) is 50.3 Å². The van der Waals surface area contributed by atoms with Crippen LogP contribution in [0.3, 0.4) is 0 Å². The van der Waals surface area contributed by atoms with Crippen molar-refractivity contribution in [3.63, 3.8) is 0 Å². The van der Waals surface area contributed by atoms with E-state index in [2.05, 4.69) is 10.6 Å². The molecule has 8 nitrogen and oxygen atoms in total. The molecule has 0 aliphatic heterocycles. The van der Waals surface area contributed by atoms with Gasteiger partial charge in [-0.05, 0) is 31.9 Å². The molecule has 0 saturated heterocycles. The number of carbonyl (C=O) groups excluding carboxylic acids is 2. The lowest BCUT2D eigenvalue weighted by Gasteiger charge is -2.19. The van der Waals surface area contributed by atoms with Gasteiger partial charge in [-0.25, -0.2) is 13.2 Å². The number of nitrogens with zero attached hydrogens (tertiary/aromatic N) is 1. The van der Waals surface area contributed by atoms with E-state index in [1.54, 1.807) is 24.3 Å². The minimum Gasteiger partial charge on any atom is -0.335 e. The van der Waals surface area contributed by atoms with E-state index in [1.807, 2.05) is 26.1 Å². The zero-order valence-electron chi connectivity index (χ0n) is 17.5. The number of hydrogen-bond donors (Lipinski definition) is 3. The van der Waals surface area contributed by atoms with Gasteiger partial charge in [0.1, 0.15) is 6.04 Å². The first-order valence-electron chi connectivity index (χ1n) is 10.3. The number of hydrogen-bond acceptors (Lipinski definition) is 4. The maximum Gasteiger partial charge on any atom is 0.321 e. The Kier molecular flexibility index (Phi) is 8.60. The molecule has 0 spiro atoms. The number of nitrogens with one attached hydrogen (secondary N) is 2. The molecule has 1 aromatic rings. The molecule has 9 heteroatoms. The minimum atomic E-state index is -3.48. The van der Waals surface area contributed by atoms with Gasteiger partial charge < -0.3 is 10.6 Å². The van der Waals surface area contributed by atoms with Crippen LogP contribution in [0.15, 0.2) is 29.2 Å².